The van der Waals surface area contributed by atoms with Gasteiger partial charge in [-0.1, -0.05) is 0 Å². The molecule has 1 aliphatic heterocycles. The van der Waals surface area contributed by atoms with Crippen molar-refractivity contribution in [1.82, 2.24) is 15.1 Å². The molecule has 0 bridgehead atoms. The number of rotatable bonds is 6. The van der Waals surface area contributed by atoms with E-state index in [2.05, 4.69) is 29.2 Å². The molecule has 0 aromatic rings. The molecule has 1 fully saturated rings. The van der Waals surface area contributed by atoms with Crippen LogP contribution in [0.25, 0.3) is 0 Å². The van der Waals surface area contributed by atoms with Gasteiger partial charge in [0.25, 0.3) is 0 Å². The summed E-state index contributed by atoms with van der Waals surface area (Å²) in [6.45, 7) is 5.77. The van der Waals surface area contributed by atoms with Crippen LogP contribution in [0.4, 0.5) is 0 Å². The van der Waals surface area contributed by atoms with E-state index in [1.807, 2.05) is 0 Å². The van der Waals surface area contributed by atoms with E-state index in [0.29, 0.717) is 19.2 Å². The molecular weight excluding hydrogens is 246 g/mol. The summed E-state index contributed by atoms with van der Waals surface area (Å²) < 4.78 is 4.78. The third-order valence-electron chi connectivity index (χ3n) is 3.38. The summed E-state index contributed by atoms with van der Waals surface area (Å²) in [4.78, 5) is 27.3. The highest BCUT2D eigenvalue weighted by atomic mass is 16.5. The van der Waals surface area contributed by atoms with Gasteiger partial charge in [0.15, 0.2) is 0 Å². The molecule has 0 aromatic heterocycles. The topological polar surface area (TPSA) is 61.9 Å². The first-order valence-electron chi connectivity index (χ1n) is 6.84. The smallest absolute Gasteiger partial charge is 0.306 e. The Morgan fingerprint density at radius 2 is 2.00 bits per heavy atom. The maximum absolute atomic E-state index is 11.6. The maximum atomic E-state index is 11.6. The van der Waals surface area contributed by atoms with E-state index in [0.717, 1.165) is 19.6 Å². The Bertz CT molecular complexity index is 310. The molecule has 0 saturated carbocycles. The summed E-state index contributed by atoms with van der Waals surface area (Å²) >= 11 is 0. The van der Waals surface area contributed by atoms with E-state index in [1.165, 1.54) is 0 Å². The van der Waals surface area contributed by atoms with Gasteiger partial charge in [0.05, 0.1) is 13.0 Å². The van der Waals surface area contributed by atoms with Gasteiger partial charge in [-0.2, -0.15) is 0 Å². The number of hydrogen-bond acceptors (Lipinski definition) is 5. The zero-order chi connectivity index (χ0) is 14.3. The van der Waals surface area contributed by atoms with Crippen LogP contribution in [0.15, 0.2) is 0 Å². The largest absolute Gasteiger partial charge is 0.466 e. The number of hydrogen-bond donors (Lipinski definition) is 1. The van der Waals surface area contributed by atoms with Crippen LogP contribution in [-0.2, 0) is 14.3 Å². The number of ether oxygens (including phenoxy) is 1. The monoisotopic (exact) mass is 271 g/mol. The van der Waals surface area contributed by atoms with E-state index in [-0.39, 0.29) is 24.7 Å². The van der Waals surface area contributed by atoms with Crippen LogP contribution in [0, 0.1) is 0 Å². The van der Waals surface area contributed by atoms with Gasteiger partial charge < -0.3 is 15.0 Å². The first-order valence-corrected chi connectivity index (χ1v) is 6.84. The van der Waals surface area contributed by atoms with Crippen LogP contribution in [0.3, 0.4) is 0 Å². The molecule has 6 nitrogen and oxygen atoms in total. The highest BCUT2D eigenvalue weighted by Gasteiger charge is 2.22. The molecule has 1 atom stereocenters. The average molecular weight is 271 g/mol. The highest BCUT2D eigenvalue weighted by Crippen LogP contribution is 2.04. The van der Waals surface area contributed by atoms with Crippen molar-refractivity contribution in [3.05, 3.63) is 0 Å². The van der Waals surface area contributed by atoms with Crippen LogP contribution in [0.5, 0.6) is 0 Å². The Hall–Kier alpha value is -1.14. The van der Waals surface area contributed by atoms with Gasteiger partial charge in [-0.3, -0.25) is 14.5 Å². The van der Waals surface area contributed by atoms with E-state index in [4.69, 9.17) is 4.74 Å². The molecule has 1 aliphatic rings. The Morgan fingerprint density at radius 1 is 1.26 bits per heavy atom. The van der Waals surface area contributed by atoms with Gasteiger partial charge in [0.1, 0.15) is 0 Å². The molecule has 1 saturated heterocycles. The predicted octanol–water partition coefficient (Wildman–Crippen LogP) is -0.308. The summed E-state index contributed by atoms with van der Waals surface area (Å²) in [6.07, 6.45) is 0.352. The molecule has 0 spiro atoms. The van der Waals surface area contributed by atoms with Gasteiger partial charge in [0, 0.05) is 38.6 Å². The Balaban J connectivity index is 2.20. The second-order valence-electron chi connectivity index (χ2n) is 5.01. The molecule has 0 aromatic carbocycles. The number of nitrogens with zero attached hydrogens (tertiary/aromatic N) is 2. The van der Waals surface area contributed by atoms with E-state index >= 15 is 0 Å². The van der Waals surface area contributed by atoms with Crippen LogP contribution in [-0.4, -0.2) is 74.6 Å². The number of amides is 1. The fourth-order valence-electron chi connectivity index (χ4n) is 2.09. The quantitative estimate of drug-likeness (QED) is 0.672. The van der Waals surface area contributed by atoms with Crippen LogP contribution >= 0.6 is 0 Å². The Labute approximate surface area is 115 Å². The fraction of sp³-hybridized carbons (Fsp3) is 0.846. The van der Waals surface area contributed by atoms with Gasteiger partial charge >= 0.3 is 5.97 Å². The molecule has 1 amide bonds. The predicted molar refractivity (Wildman–Crippen MR) is 72.8 cm³/mol. The molecule has 1 heterocycles. The summed E-state index contributed by atoms with van der Waals surface area (Å²) in [7, 11) is 4.16. The number of piperazine rings is 1. The van der Waals surface area contributed by atoms with Crippen molar-refractivity contribution in [1.29, 1.82) is 0 Å². The van der Waals surface area contributed by atoms with Crippen molar-refractivity contribution >= 4 is 11.9 Å². The van der Waals surface area contributed by atoms with E-state index < -0.39 is 0 Å². The van der Waals surface area contributed by atoms with Crippen molar-refractivity contribution in [3.63, 3.8) is 0 Å². The van der Waals surface area contributed by atoms with Gasteiger partial charge in [-0.15, -0.1) is 0 Å². The molecule has 6 heteroatoms. The number of carbonyl (C=O) groups is 2. The van der Waals surface area contributed by atoms with Crippen LogP contribution in [0.2, 0.25) is 0 Å². The van der Waals surface area contributed by atoms with Gasteiger partial charge in [0.2, 0.25) is 5.91 Å². The number of esters is 1. The lowest BCUT2D eigenvalue weighted by atomic mass is 10.2. The third-order valence-corrected chi connectivity index (χ3v) is 3.38. The summed E-state index contributed by atoms with van der Waals surface area (Å²) in [5.41, 5.74) is 0. The summed E-state index contributed by atoms with van der Waals surface area (Å²) in [6, 6.07) is 0.338. The molecule has 1 rings (SSSR count). The Kier molecular flexibility index (Phi) is 6.80. The van der Waals surface area contributed by atoms with Crippen molar-refractivity contribution < 1.29 is 14.3 Å². The first kappa shape index (κ1) is 15.9. The molecular formula is C13H25N3O3. The standard InChI is InChI=1S/C13H25N3O3/c1-4-19-13(18)6-5-12(17)14-9-11-10-15(2)7-8-16(11)3/h11H,4-10H2,1-3H3,(H,14,17). The molecule has 110 valence electrons. The average Bonchev–Trinajstić information content (AvgIpc) is 2.38. The number of likely N-dealkylation sites (N-methyl/N-ethyl adjacent to an activating group) is 2. The van der Waals surface area contributed by atoms with E-state index in [1.54, 1.807) is 6.92 Å². The first-order chi connectivity index (χ1) is 9.02. The SMILES string of the molecule is CCOC(=O)CCC(=O)NCC1CN(C)CCN1C. The number of nitrogens with one attached hydrogen (secondary N) is 1. The molecule has 0 radical (unpaired) electrons. The van der Waals surface area contributed by atoms with Crippen molar-refractivity contribution in [2.24, 2.45) is 0 Å². The van der Waals surface area contributed by atoms with Crippen LogP contribution in [0.1, 0.15) is 19.8 Å². The van der Waals surface area contributed by atoms with Crippen molar-refractivity contribution in [2.45, 2.75) is 25.8 Å². The Morgan fingerprint density at radius 3 is 2.68 bits per heavy atom. The molecule has 19 heavy (non-hydrogen) atoms. The maximum Gasteiger partial charge on any atom is 0.306 e. The summed E-state index contributed by atoms with van der Waals surface area (Å²) in [5.74, 6) is -0.401. The third kappa shape index (κ3) is 6.02. The summed E-state index contributed by atoms with van der Waals surface area (Å²) in [5, 5.41) is 2.89. The van der Waals surface area contributed by atoms with Crippen molar-refractivity contribution in [2.75, 3.05) is 46.9 Å². The zero-order valence-electron chi connectivity index (χ0n) is 12.1. The molecule has 0 aliphatic carbocycles. The lowest BCUT2D eigenvalue weighted by molar-refractivity contribution is -0.144. The minimum Gasteiger partial charge on any atom is -0.466 e. The van der Waals surface area contributed by atoms with Gasteiger partial charge in [-0.05, 0) is 21.0 Å². The van der Waals surface area contributed by atoms with Gasteiger partial charge in [-0.25, -0.2) is 0 Å². The van der Waals surface area contributed by atoms with E-state index in [9.17, 15) is 9.59 Å². The lowest BCUT2D eigenvalue weighted by Crippen LogP contribution is -2.54. The minimum absolute atomic E-state index is 0.0883. The zero-order valence-corrected chi connectivity index (χ0v) is 12.1. The lowest BCUT2D eigenvalue weighted by Gasteiger charge is -2.37. The molecule has 1 N–H and O–H groups in total. The van der Waals surface area contributed by atoms with Crippen LogP contribution < -0.4 is 5.32 Å². The normalized spacial score (nSPS) is 21.1. The fourth-order valence-corrected chi connectivity index (χ4v) is 2.09. The van der Waals surface area contributed by atoms with Crippen molar-refractivity contribution in [3.8, 4) is 0 Å². The number of carbonyl (C=O) groups excluding carboxylic acids is 2. The highest BCUT2D eigenvalue weighted by molar-refractivity contribution is 5.81. The minimum atomic E-state index is -0.313. The second kappa shape index (κ2) is 8.12. The second-order valence-corrected chi connectivity index (χ2v) is 5.01. The molecule has 1 unspecified atom stereocenters.